The van der Waals surface area contributed by atoms with Crippen molar-refractivity contribution in [2.75, 3.05) is 10.6 Å². The third kappa shape index (κ3) is 3.36. The van der Waals surface area contributed by atoms with Crippen LogP contribution in [0.1, 0.15) is 17.5 Å². The minimum Gasteiger partial charge on any atom is -0.325 e. The number of aryl methyl sites for hydroxylation is 2. The van der Waals surface area contributed by atoms with Gasteiger partial charge in [0.25, 0.3) is 0 Å². The SMILES string of the molecule is Cc1cnccc1NC(=O)[C@@H]1C[C@H]1C(=O)Nc1ccncc1C. The quantitative estimate of drug-likeness (QED) is 0.907. The lowest BCUT2D eigenvalue weighted by atomic mass is 10.2. The molecule has 0 radical (unpaired) electrons. The molecule has 6 heteroatoms. The smallest absolute Gasteiger partial charge is 0.228 e. The van der Waals surface area contributed by atoms with Gasteiger partial charge in [-0.1, -0.05) is 0 Å². The molecule has 6 nitrogen and oxygen atoms in total. The van der Waals surface area contributed by atoms with Crippen LogP contribution in [0.3, 0.4) is 0 Å². The molecule has 2 atom stereocenters. The van der Waals surface area contributed by atoms with Crippen LogP contribution in [0.5, 0.6) is 0 Å². The number of carbonyl (C=O) groups excluding carboxylic acids is 2. The van der Waals surface area contributed by atoms with E-state index in [2.05, 4.69) is 20.6 Å². The molecule has 23 heavy (non-hydrogen) atoms. The van der Waals surface area contributed by atoms with Gasteiger partial charge in [-0.15, -0.1) is 0 Å². The van der Waals surface area contributed by atoms with Crippen LogP contribution in [0.25, 0.3) is 0 Å². The summed E-state index contributed by atoms with van der Waals surface area (Å²) >= 11 is 0. The molecule has 0 saturated heterocycles. The van der Waals surface area contributed by atoms with Crippen molar-refractivity contribution in [2.24, 2.45) is 11.8 Å². The van der Waals surface area contributed by atoms with Crippen LogP contribution in [-0.4, -0.2) is 21.8 Å². The average Bonchev–Trinajstić information content (AvgIpc) is 3.32. The zero-order valence-corrected chi connectivity index (χ0v) is 13.0. The number of amides is 2. The molecule has 0 aromatic carbocycles. The topological polar surface area (TPSA) is 84.0 Å². The molecule has 118 valence electrons. The molecule has 2 aromatic rings. The highest BCUT2D eigenvalue weighted by Gasteiger charge is 2.48. The first-order valence-corrected chi connectivity index (χ1v) is 7.49. The highest BCUT2D eigenvalue weighted by molar-refractivity contribution is 6.03. The molecule has 1 aliphatic carbocycles. The van der Waals surface area contributed by atoms with Crippen LogP contribution in [0.2, 0.25) is 0 Å². The van der Waals surface area contributed by atoms with Gasteiger partial charge in [-0.25, -0.2) is 0 Å². The molecule has 1 aliphatic rings. The third-order valence-electron chi connectivity index (χ3n) is 4.02. The first-order valence-electron chi connectivity index (χ1n) is 7.49. The monoisotopic (exact) mass is 310 g/mol. The molecule has 0 spiro atoms. The lowest BCUT2D eigenvalue weighted by Crippen LogP contribution is -2.21. The van der Waals surface area contributed by atoms with Crippen molar-refractivity contribution in [3.63, 3.8) is 0 Å². The summed E-state index contributed by atoms with van der Waals surface area (Å²) in [6, 6.07) is 3.51. The number of hydrogen-bond donors (Lipinski definition) is 2. The minimum atomic E-state index is -0.273. The van der Waals surface area contributed by atoms with E-state index in [1.165, 1.54) is 0 Å². The van der Waals surface area contributed by atoms with Gasteiger partial charge in [0.1, 0.15) is 0 Å². The summed E-state index contributed by atoms with van der Waals surface area (Å²) in [7, 11) is 0. The van der Waals surface area contributed by atoms with Gasteiger partial charge in [-0.2, -0.15) is 0 Å². The number of carbonyl (C=O) groups is 2. The molecule has 0 bridgehead atoms. The molecule has 0 unspecified atom stereocenters. The van der Waals surface area contributed by atoms with E-state index in [-0.39, 0.29) is 23.7 Å². The van der Waals surface area contributed by atoms with Gasteiger partial charge in [-0.3, -0.25) is 19.6 Å². The Morgan fingerprint density at radius 1 is 0.913 bits per heavy atom. The lowest BCUT2D eigenvalue weighted by molar-refractivity contribution is -0.122. The molecule has 3 rings (SSSR count). The Hall–Kier alpha value is -2.76. The fourth-order valence-corrected chi connectivity index (χ4v) is 2.45. The summed E-state index contributed by atoms with van der Waals surface area (Å²) in [6.45, 7) is 3.76. The van der Waals surface area contributed by atoms with Gasteiger partial charge in [0.2, 0.25) is 11.8 Å². The predicted octanol–water partition coefficient (Wildman–Crippen LogP) is 2.31. The summed E-state index contributed by atoms with van der Waals surface area (Å²) < 4.78 is 0. The number of hydrogen-bond acceptors (Lipinski definition) is 4. The summed E-state index contributed by atoms with van der Waals surface area (Å²) in [4.78, 5) is 32.5. The summed E-state index contributed by atoms with van der Waals surface area (Å²) in [5, 5.41) is 5.73. The van der Waals surface area contributed by atoms with Crippen LogP contribution in [-0.2, 0) is 9.59 Å². The maximum absolute atomic E-state index is 12.2. The second kappa shape index (κ2) is 6.16. The van der Waals surface area contributed by atoms with E-state index >= 15 is 0 Å². The first kappa shape index (κ1) is 15.1. The zero-order valence-electron chi connectivity index (χ0n) is 13.0. The fourth-order valence-electron chi connectivity index (χ4n) is 2.45. The molecule has 0 aliphatic heterocycles. The van der Waals surface area contributed by atoms with Gasteiger partial charge < -0.3 is 10.6 Å². The predicted molar refractivity (Wildman–Crippen MR) is 86.8 cm³/mol. The number of nitrogens with one attached hydrogen (secondary N) is 2. The number of anilines is 2. The minimum absolute atomic E-state index is 0.120. The van der Waals surface area contributed by atoms with Crippen LogP contribution < -0.4 is 10.6 Å². The van der Waals surface area contributed by atoms with Crippen LogP contribution in [0, 0.1) is 25.7 Å². The Balaban J connectivity index is 1.58. The molecule has 2 heterocycles. The van der Waals surface area contributed by atoms with Crippen LogP contribution in [0.4, 0.5) is 11.4 Å². The van der Waals surface area contributed by atoms with Crippen molar-refractivity contribution in [3.05, 3.63) is 48.0 Å². The van der Waals surface area contributed by atoms with E-state index in [1.54, 1.807) is 36.9 Å². The Morgan fingerprint density at radius 3 is 1.74 bits per heavy atom. The van der Waals surface area contributed by atoms with Crippen LogP contribution in [0.15, 0.2) is 36.9 Å². The number of rotatable bonds is 4. The Morgan fingerprint density at radius 2 is 1.35 bits per heavy atom. The Bertz CT molecular complexity index is 696. The van der Waals surface area contributed by atoms with Crippen molar-refractivity contribution in [1.82, 2.24) is 9.97 Å². The van der Waals surface area contributed by atoms with E-state index in [0.29, 0.717) is 6.42 Å². The van der Waals surface area contributed by atoms with Crippen molar-refractivity contribution in [1.29, 1.82) is 0 Å². The van der Waals surface area contributed by atoms with E-state index in [4.69, 9.17) is 0 Å². The normalized spacial score (nSPS) is 19.0. The number of nitrogens with zero attached hydrogens (tertiary/aromatic N) is 2. The maximum atomic E-state index is 12.2. The van der Waals surface area contributed by atoms with Crippen molar-refractivity contribution >= 4 is 23.2 Å². The summed E-state index contributed by atoms with van der Waals surface area (Å²) in [5.41, 5.74) is 3.27. The Labute approximate surface area is 134 Å². The van der Waals surface area contributed by atoms with E-state index in [1.807, 2.05) is 13.8 Å². The molecule has 2 amide bonds. The fraction of sp³-hybridized carbons (Fsp3) is 0.294. The van der Waals surface area contributed by atoms with Gasteiger partial charge in [0, 0.05) is 36.2 Å². The lowest BCUT2D eigenvalue weighted by Gasteiger charge is -2.08. The van der Waals surface area contributed by atoms with Gasteiger partial charge in [-0.05, 0) is 43.5 Å². The first-order chi connectivity index (χ1) is 11.1. The van der Waals surface area contributed by atoms with Gasteiger partial charge in [0.05, 0.1) is 11.8 Å². The van der Waals surface area contributed by atoms with Crippen LogP contribution >= 0.6 is 0 Å². The summed E-state index contributed by atoms with van der Waals surface area (Å²) in [6.07, 6.45) is 7.22. The van der Waals surface area contributed by atoms with E-state index < -0.39 is 0 Å². The molecule has 2 aromatic heterocycles. The van der Waals surface area contributed by atoms with E-state index in [0.717, 1.165) is 22.5 Å². The molecule has 1 saturated carbocycles. The maximum Gasteiger partial charge on any atom is 0.228 e. The molecule has 1 fully saturated rings. The van der Waals surface area contributed by atoms with E-state index in [9.17, 15) is 9.59 Å². The average molecular weight is 310 g/mol. The third-order valence-corrected chi connectivity index (χ3v) is 4.02. The second-order valence-electron chi connectivity index (χ2n) is 5.81. The number of aromatic nitrogens is 2. The Kier molecular flexibility index (Phi) is 4.06. The van der Waals surface area contributed by atoms with Crippen molar-refractivity contribution < 1.29 is 9.59 Å². The van der Waals surface area contributed by atoms with Crippen molar-refractivity contribution in [2.45, 2.75) is 20.3 Å². The second-order valence-corrected chi connectivity index (χ2v) is 5.81. The molecular weight excluding hydrogens is 292 g/mol. The highest BCUT2D eigenvalue weighted by Crippen LogP contribution is 2.40. The summed E-state index contributed by atoms with van der Waals surface area (Å²) in [5.74, 6) is -0.786. The van der Waals surface area contributed by atoms with Gasteiger partial charge >= 0.3 is 0 Å². The molecular formula is C17H18N4O2. The molecule has 2 N–H and O–H groups in total. The zero-order chi connectivity index (χ0) is 16.4. The van der Waals surface area contributed by atoms with Crippen molar-refractivity contribution in [3.8, 4) is 0 Å². The highest BCUT2D eigenvalue weighted by atomic mass is 16.2. The largest absolute Gasteiger partial charge is 0.325 e. The number of pyridine rings is 2. The standard InChI is InChI=1S/C17H18N4O2/c1-10-8-18-5-3-14(10)20-16(22)12-7-13(12)17(23)21-15-4-6-19-9-11(15)2/h3-6,8-9,12-13H,7H2,1-2H3,(H,18,20,22)(H,19,21,23)/t12-,13-/m1/s1. The van der Waals surface area contributed by atoms with Gasteiger partial charge in [0.15, 0.2) is 0 Å².